The fourth-order valence-corrected chi connectivity index (χ4v) is 1.80. The molecule has 2 heterocycles. The number of hydrazone groups is 1. The fraction of sp³-hybridized carbons (Fsp3) is 0.333. The van der Waals surface area contributed by atoms with Gasteiger partial charge in [0.2, 0.25) is 5.95 Å². The second kappa shape index (κ2) is 6.34. The molecule has 0 aromatic carbocycles. The molecule has 10 nitrogen and oxygen atoms in total. The molecule has 122 valence electrons. The molecule has 0 bridgehead atoms. The number of aryl methyl sites for hydroxylation is 2. The lowest BCUT2D eigenvalue weighted by molar-refractivity contribution is -0.385. The predicted molar refractivity (Wildman–Crippen MR) is 77.2 cm³/mol. The Morgan fingerprint density at radius 3 is 2.83 bits per heavy atom. The summed E-state index contributed by atoms with van der Waals surface area (Å²) in [5.74, 6) is -1.13. The van der Waals surface area contributed by atoms with Crippen molar-refractivity contribution < 1.29 is 14.1 Å². The topological polar surface area (TPSA) is 120 Å². The summed E-state index contributed by atoms with van der Waals surface area (Å²) in [6.07, 6.45) is 3.33. The zero-order valence-corrected chi connectivity index (χ0v) is 12.6. The van der Waals surface area contributed by atoms with E-state index in [4.69, 9.17) is 0 Å². The van der Waals surface area contributed by atoms with Crippen molar-refractivity contribution in [3.8, 4) is 0 Å². The maximum absolute atomic E-state index is 13.7. The molecule has 0 aliphatic carbocycles. The number of hydrogen-bond donors (Lipinski definition) is 1. The van der Waals surface area contributed by atoms with E-state index < -0.39 is 22.8 Å². The van der Waals surface area contributed by atoms with E-state index in [1.807, 2.05) is 0 Å². The highest BCUT2D eigenvalue weighted by atomic mass is 19.1. The van der Waals surface area contributed by atoms with Gasteiger partial charge in [-0.25, -0.2) is 10.1 Å². The molecule has 2 aromatic rings. The molecule has 23 heavy (non-hydrogen) atoms. The van der Waals surface area contributed by atoms with Gasteiger partial charge in [0.25, 0.3) is 5.91 Å². The number of nitrogens with zero attached hydrogens (tertiary/aromatic N) is 6. The van der Waals surface area contributed by atoms with Crippen LogP contribution in [0, 0.1) is 23.0 Å². The van der Waals surface area contributed by atoms with Gasteiger partial charge in [-0.05, 0) is 13.8 Å². The van der Waals surface area contributed by atoms with E-state index in [-0.39, 0.29) is 11.3 Å². The molecule has 11 heteroatoms. The largest absolute Gasteiger partial charge is 0.307 e. The van der Waals surface area contributed by atoms with Crippen LogP contribution >= 0.6 is 0 Å². The van der Waals surface area contributed by atoms with Gasteiger partial charge in [-0.3, -0.25) is 19.6 Å². The Morgan fingerprint density at radius 2 is 2.30 bits per heavy atom. The zero-order chi connectivity index (χ0) is 17.1. The molecule has 2 aromatic heterocycles. The lowest BCUT2D eigenvalue weighted by Crippen LogP contribution is -2.27. The highest BCUT2D eigenvalue weighted by molar-refractivity contribution is 5.84. The normalized spacial score (nSPS) is 12.5. The van der Waals surface area contributed by atoms with Crippen LogP contribution in [0.2, 0.25) is 0 Å². The van der Waals surface area contributed by atoms with Gasteiger partial charge in [-0.15, -0.1) is 0 Å². The van der Waals surface area contributed by atoms with Crippen LogP contribution in [0.3, 0.4) is 0 Å². The van der Waals surface area contributed by atoms with Crippen molar-refractivity contribution in [3.63, 3.8) is 0 Å². The number of nitrogens with one attached hydrogen (secondary N) is 1. The Balaban J connectivity index is 2.03. The second-order valence-corrected chi connectivity index (χ2v) is 4.76. The summed E-state index contributed by atoms with van der Waals surface area (Å²) in [5.41, 5.74) is 2.60. The highest BCUT2D eigenvalue weighted by Crippen LogP contribution is 2.13. The number of amides is 1. The molecule has 0 saturated heterocycles. The van der Waals surface area contributed by atoms with Gasteiger partial charge in [0.05, 0.1) is 22.4 Å². The van der Waals surface area contributed by atoms with Crippen molar-refractivity contribution in [2.24, 2.45) is 12.1 Å². The summed E-state index contributed by atoms with van der Waals surface area (Å²) in [5, 5.41) is 21.9. The first-order valence-electron chi connectivity index (χ1n) is 6.51. The standard InChI is InChI=1S/C12H14FN7O3/c1-7-10(11(13)18(3)17-7)5-14-16-12(21)8(2)19-6-9(4-15-19)20(22)23/h4-6,8H,1-3H3,(H,16,21)/b14-5-/t8-/m1/s1. The number of hydrogen-bond acceptors (Lipinski definition) is 6. The maximum Gasteiger partial charge on any atom is 0.307 e. The summed E-state index contributed by atoms with van der Waals surface area (Å²) in [7, 11) is 1.45. The summed E-state index contributed by atoms with van der Waals surface area (Å²) >= 11 is 0. The van der Waals surface area contributed by atoms with E-state index in [2.05, 4.69) is 20.7 Å². The van der Waals surface area contributed by atoms with Gasteiger partial charge in [-0.1, -0.05) is 0 Å². The number of nitro groups is 1. The predicted octanol–water partition coefficient (Wildman–Crippen LogP) is 0.684. The molecule has 1 atom stereocenters. The minimum atomic E-state index is -0.819. The minimum absolute atomic E-state index is 0.162. The fourth-order valence-electron chi connectivity index (χ4n) is 1.80. The first kappa shape index (κ1) is 16.3. The van der Waals surface area contributed by atoms with Gasteiger partial charge >= 0.3 is 5.69 Å². The van der Waals surface area contributed by atoms with Crippen molar-refractivity contribution in [1.82, 2.24) is 25.0 Å². The third-order valence-corrected chi connectivity index (χ3v) is 3.14. The van der Waals surface area contributed by atoms with Crippen LogP contribution < -0.4 is 5.43 Å². The maximum atomic E-state index is 13.7. The van der Waals surface area contributed by atoms with E-state index in [0.717, 1.165) is 28.0 Å². The summed E-state index contributed by atoms with van der Waals surface area (Å²) in [6.45, 7) is 3.11. The van der Waals surface area contributed by atoms with Crippen molar-refractivity contribution in [2.75, 3.05) is 0 Å². The molecule has 0 fully saturated rings. The smallest absolute Gasteiger partial charge is 0.271 e. The van der Waals surface area contributed by atoms with Crippen LogP contribution in [0.4, 0.5) is 10.1 Å². The zero-order valence-electron chi connectivity index (χ0n) is 12.6. The van der Waals surface area contributed by atoms with Crippen LogP contribution in [0.15, 0.2) is 17.5 Å². The Morgan fingerprint density at radius 1 is 1.61 bits per heavy atom. The molecule has 0 aliphatic heterocycles. The number of aromatic nitrogens is 4. The number of carbonyl (C=O) groups excluding carboxylic acids is 1. The molecule has 0 aliphatic rings. The van der Waals surface area contributed by atoms with Crippen molar-refractivity contribution in [2.45, 2.75) is 19.9 Å². The average Bonchev–Trinajstić information content (AvgIpc) is 3.07. The number of halogens is 1. The first-order chi connectivity index (χ1) is 10.8. The van der Waals surface area contributed by atoms with Gasteiger partial charge < -0.3 is 0 Å². The summed E-state index contributed by atoms with van der Waals surface area (Å²) in [6, 6.07) is -0.819. The van der Waals surface area contributed by atoms with Gasteiger partial charge in [0.1, 0.15) is 18.4 Å². The molecular weight excluding hydrogens is 309 g/mol. The minimum Gasteiger partial charge on any atom is -0.271 e. The summed E-state index contributed by atoms with van der Waals surface area (Å²) < 4.78 is 15.9. The third kappa shape index (κ3) is 3.39. The SMILES string of the molecule is Cc1nn(C)c(F)c1/C=N\NC(=O)[C@@H](C)n1cc([N+](=O)[O-])cn1. The third-order valence-electron chi connectivity index (χ3n) is 3.14. The Hall–Kier alpha value is -3.11. The molecule has 2 rings (SSSR count). The Kier molecular flexibility index (Phi) is 4.48. The van der Waals surface area contributed by atoms with Crippen molar-refractivity contribution >= 4 is 17.8 Å². The lowest BCUT2D eigenvalue weighted by Gasteiger charge is -2.08. The first-order valence-corrected chi connectivity index (χ1v) is 6.51. The monoisotopic (exact) mass is 323 g/mol. The van der Waals surface area contributed by atoms with E-state index in [1.165, 1.54) is 14.0 Å². The molecule has 0 unspecified atom stereocenters. The summed E-state index contributed by atoms with van der Waals surface area (Å²) in [4.78, 5) is 21.9. The van der Waals surface area contributed by atoms with Crippen LogP contribution in [-0.4, -0.2) is 36.6 Å². The molecule has 0 saturated carbocycles. The van der Waals surface area contributed by atoms with E-state index in [0.29, 0.717) is 5.69 Å². The van der Waals surface area contributed by atoms with Crippen molar-refractivity contribution in [1.29, 1.82) is 0 Å². The van der Waals surface area contributed by atoms with E-state index in [9.17, 15) is 19.3 Å². The van der Waals surface area contributed by atoms with Gasteiger partial charge in [0, 0.05) is 7.05 Å². The number of rotatable bonds is 5. The van der Waals surface area contributed by atoms with Crippen LogP contribution in [-0.2, 0) is 11.8 Å². The van der Waals surface area contributed by atoms with Crippen molar-refractivity contribution in [3.05, 3.63) is 39.7 Å². The number of carbonyl (C=O) groups is 1. The van der Waals surface area contributed by atoms with Crippen LogP contribution in [0.5, 0.6) is 0 Å². The second-order valence-electron chi connectivity index (χ2n) is 4.76. The average molecular weight is 323 g/mol. The Bertz CT molecular complexity index is 780. The molecule has 0 spiro atoms. The molecule has 1 amide bonds. The Labute approximate surface area is 129 Å². The van der Waals surface area contributed by atoms with Gasteiger partial charge in [0.15, 0.2) is 0 Å². The quantitative estimate of drug-likeness (QED) is 0.493. The molecular formula is C12H14FN7O3. The van der Waals surface area contributed by atoms with Crippen LogP contribution in [0.1, 0.15) is 24.2 Å². The van der Waals surface area contributed by atoms with Gasteiger partial charge in [-0.2, -0.15) is 19.7 Å². The molecule has 1 N–H and O–H groups in total. The molecule has 0 radical (unpaired) electrons. The highest BCUT2D eigenvalue weighted by Gasteiger charge is 2.19. The van der Waals surface area contributed by atoms with E-state index in [1.54, 1.807) is 6.92 Å². The lowest BCUT2D eigenvalue weighted by atomic mass is 10.3. The van der Waals surface area contributed by atoms with E-state index >= 15 is 0 Å². The van der Waals surface area contributed by atoms with Crippen LogP contribution in [0.25, 0.3) is 0 Å².